The van der Waals surface area contributed by atoms with Gasteiger partial charge in [-0.1, -0.05) is 48.5 Å². The lowest BCUT2D eigenvalue weighted by molar-refractivity contribution is -0.143. The Morgan fingerprint density at radius 3 is 2.33 bits per heavy atom. The highest BCUT2D eigenvalue weighted by Crippen LogP contribution is 2.13. The number of nitrogens with zero attached hydrogens (tertiary/aromatic N) is 1. The highest BCUT2D eigenvalue weighted by Gasteiger charge is 2.15. The highest BCUT2D eigenvalue weighted by atomic mass is 16.5. The summed E-state index contributed by atoms with van der Waals surface area (Å²) < 4.78 is 10.3. The van der Waals surface area contributed by atoms with Gasteiger partial charge in [-0.25, -0.2) is 4.79 Å². The van der Waals surface area contributed by atoms with Gasteiger partial charge in [0.15, 0.2) is 0 Å². The summed E-state index contributed by atoms with van der Waals surface area (Å²) >= 11 is 0. The Morgan fingerprint density at radius 1 is 1.00 bits per heavy atom. The van der Waals surface area contributed by atoms with E-state index < -0.39 is 5.97 Å². The van der Waals surface area contributed by atoms with Crippen molar-refractivity contribution in [1.82, 2.24) is 4.90 Å². The molecule has 0 fully saturated rings. The molecule has 0 saturated carbocycles. The lowest BCUT2D eigenvalue weighted by atomic mass is 10.1. The van der Waals surface area contributed by atoms with Gasteiger partial charge in [0.2, 0.25) is 5.91 Å². The smallest absolute Gasteiger partial charge is 0.338 e. The number of carbonyl (C=O) groups excluding carboxylic acids is 3. The standard InChI is InChI=1S/C27H31NO5/c1-4-17-28(18-9-12-25(29)32-5-2)26(30)21(3)19-22-13-15-24(16-14-22)27(31)33-20-23-10-7-6-8-11-23/h4,6-8,10-11,13-16,19H,1,5,9,12,17-18,20H2,2-3H3/b21-19+. The maximum atomic E-state index is 12.9. The molecule has 2 rings (SSSR count). The summed E-state index contributed by atoms with van der Waals surface area (Å²) in [7, 11) is 0. The predicted molar refractivity (Wildman–Crippen MR) is 128 cm³/mol. The van der Waals surface area contributed by atoms with Crippen LogP contribution in [0.3, 0.4) is 0 Å². The number of hydrogen-bond donors (Lipinski definition) is 0. The van der Waals surface area contributed by atoms with E-state index in [9.17, 15) is 14.4 Å². The van der Waals surface area contributed by atoms with E-state index in [0.717, 1.165) is 11.1 Å². The topological polar surface area (TPSA) is 72.9 Å². The summed E-state index contributed by atoms with van der Waals surface area (Å²) in [5.74, 6) is -0.802. The number of ether oxygens (including phenoxy) is 2. The van der Waals surface area contributed by atoms with Crippen molar-refractivity contribution in [3.05, 3.63) is 89.5 Å². The first-order valence-electron chi connectivity index (χ1n) is 11.0. The zero-order valence-corrected chi connectivity index (χ0v) is 19.3. The zero-order valence-electron chi connectivity index (χ0n) is 19.3. The van der Waals surface area contributed by atoms with E-state index in [1.54, 1.807) is 55.2 Å². The minimum atomic E-state index is -0.402. The van der Waals surface area contributed by atoms with Gasteiger partial charge in [-0.05, 0) is 49.6 Å². The summed E-state index contributed by atoms with van der Waals surface area (Å²) in [5, 5.41) is 0. The first kappa shape index (κ1) is 25.6. The quantitative estimate of drug-likeness (QED) is 0.264. The minimum absolute atomic E-state index is 0.134. The number of benzene rings is 2. The molecule has 0 aliphatic rings. The number of amides is 1. The molecule has 0 atom stereocenters. The van der Waals surface area contributed by atoms with E-state index in [1.165, 1.54) is 0 Å². The third-order valence-electron chi connectivity index (χ3n) is 4.83. The molecular weight excluding hydrogens is 418 g/mol. The lowest BCUT2D eigenvalue weighted by Gasteiger charge is -2.21. The van der Waals surface area contributed by atoms with Crippen molar-refractivity contribution in [2.45, 2.75) is 33.3 Å². The van der Waals surface area contributed by atoms with Crippen LogP contribution >= 0.6 is 0 Å². The van der Waals surface area contributed by atoms with Crippen molar-refractivity contribution in [2.24, 2.45) is 0 Å². The molecule has 2 aromatic carbocycles. The first-order valence-corrected chi connectivity index (χ1v) is 11.0. The van der Waals surface area contributed by atoms with Crippen LogP contribution in [0, 0.1) is 0 Å². The molecule has 2 aromatic rings. The number of esters is 2. The molecule has 0 N–H and O–H groups in total. The van der Waals surface area contributed by atoms with Crippen LogP contribution in [0.4, 0.5) is 0 Å². The van der Waals surface area contributed by atoms with Gasteiger partial charge >= 0.3 is 11.9 Å². The van der Waals surface area contributed by atoms with E-state index >= 15 is 0 Å². The minimum Gasteiger partial charge on any atom is -0.466 e. The van der Waals surface area contributed by atoms with Gasteiger partial charge in [0.1, 0.15) is 6.61 Å². The Bertz CT molecular complexity index is 964. The predicted octanol–water partition coefficient (Wildman–Crippen LogP) is 4.80. The highest BCUT2D eigenvalue weighted by molar-refractivity contribution is 5.97. The molecule has 0 unspecified atom stereocenters. The Hall–Kier alpha value is -3.67. The molecule has 6 nitrogen and oxygen atoms in total. The molecule has 33 heavy (non-hydrogen) atoms. The summed E-state index contributed by atoms with van der Waals surface area (Å²) in [5.41, 5.74) is 2.71. The van der Waals surface area contributed by atoms with E-state index in [0.29, 0.717) is 37.3 Å². The second-order valence-corrected chi connectivity index (χ2v) is 7.46. The summed E-state index contributed by atoms with van der Waals surface area (Å²) in [6.07, 6.45) is 4.21. The van der Waals surface area contributed by atoms with Gasteiger partial charge in [-0.2, -0.15) is 0 Å². The van der Waals surface area contributed by atoms with Crippen LogP contribution in [0.1, 0.15) is 48.2 Å². The Balaban J connectivity index is 1.95. The van der Waals surface area contributed by atoms with Crippen molar-refractivity contribution in [3.8, 4) is 0 Å². The number of hydrogen-bond acceptors (Lipinski definition) is 5. The zero-order chi connectivity index (χ0) is 24.1. The van der Waals surface area contributed by atoms with Gasteiger partial charge < -0.3 is 14.4 Å². The van der Waals surface area contributed by atoms with Crippen molar-refractivity contribution < 1.29 is 23.9 Å². The number of rotatable bonds is 12. The normalized spacial score (nSPS) is 10.9. The summed E-state index contributed by atoms with van der Waals surface area (Å²) in [6.45, 7) is 8.60. The first-order chi connectivity index (χ1) is 15.9. The summed E-state index contributed by atoms with van der Waals surface area (Å²) in [4.78, 5) is 38.3. The molecule has 0 saturated heterocycles. The van der Waals surface area contributed by atoms with E-state index in [-0.39, 0.29) is 24.9 Å². The average Bonchev–Trinajstić information content (AvgIpc) is 2.82. The fourth-order valence-electron chi connectivity index (χ4n) is 3.16. The monoisotopic (exact) mass is 449 g/mol. The van der Waals surface area contributed by atoms with Crippen LogP contribution < -0.4 is 0 Å². The third-order valence-corrected chi connectivity index (χ3v) is 4.83. The van der Waals surface area contributed by atoms with Gasteiger partial charge in [0.25, 0.3) is 0 Å². The molecule has 1 amide bonds. The molecule has 0 aliphatic heterocycles. The Labute approximate surface area is 195 Å². The van der Waals surface area contributed by atoms with Crippen molar-refractivity contribution in [3.63, 3.8) is 0 Å². The van der Waals surface area contributed by atoms with Crippen LogP contribution in [-0.2, 0) is 25.7 Å². The van der Waals surface area contributed by atoms with E-state index in [4.69, 9.17) is 9.47 Å². The van der Waals surface area contributed by atoms with Crippen molar-refractivity contribution >= 4 is 23.9 Å². The molecule has 0 heterocycles. The fraction of sp³-hybridized carbons (Fsp3) is 0.296. The molecule has 174 valence electrons. The molecular formula is C27H31NO5. The van der Waals surface area contributed by atoms with Crippen molar-refractivity contribution in [2.75, 3.05) is 19.7 Å². The van der Waals surface area contributed by atoms with Gasteiger partial charge in [0, 0.05) is 25.1 Å². The third kappa shape index (κ3) is 8.77. The van der Waals surface area contributed by atoms with Crippen LogP contribution in [-0.4, -0.2) is 42.4 Å². The molecule has 6 heteroatoms. The van der Waals surface area contributed by atoms with Crippen LogP contribution in [0.25, 0.3) is 6.08 Å². The van der Waals surface area contributed by atoms with E-state index in [1.807, 2.05) is 30.3 Å². The second kappa shape index (κ2) is 13.7. The molecule has 0 spiro atoms. The fourth-order valence-corrected chi connectivity index (χ4v) is 3.16. The largest absolute Gasteiger partial charge is 0.466 e. The SMILES string of the molecule is C=CCN(CCCC(=O)OCC)C(=O)/C(C)=C/c1ccc(C(=O)OCc2ccccc2)cc1. The lowest BCUT2D eigenvalue weighted by Crippen LogP contribution is -2.33. The van der Waals surface area contributed by atoms with Crippen LogP contribution in [0.2, 0.25) is 0 Å². The Morgan fingerprint density at radius 2 is 1.70 bits per heavy atom. The molecule has 0 aliphatic carbocycles. The number of carbonyl (C=O) groups is 3. The van der Waals surface area contributed by atoms with Gasteiger partial charge in [-0.3, -0.25) is 9.59 Å². The van der Waals surface area contributed by atoms with Crippen molar-refractivity contribution in [1.29, 1.82) is 0 Å². The van der Waals surface area contributed by atoms with Gasteiger partial charge in [0.05, 0.1) is 12.2 Å². The molecule has 0 radical (unpaired) electrons. The maximum absolute atomic E-state index is 12.9. The second-order valence-electron chi connectivity index (χ2n) is 7.46. The van der Waals surface area contributed by atoms with Crippen LogP contribution in [0.5, 0.6) is 0 Å². The van der Waals surface area contributed by atoms with Crippen LogP contribution in [0.15, 0.2) is 72.8 Å². The Kier molecular flexibility index (Phi) is 10.6. The van der Waals surface area contributed by atoms with E-state index in [2.05, 4.69) is 6.58 Å². The van der Waals surface area contributed by atoms with Gasteiger partial charge in [-0.15, -0.1) is 6.58 Å². The molecule has 0 bridgehead atoms. The average molecular weight is 450 g/mol. The molecule has 0 aromatic heterocycles. The maximum Gasteiger partial charge on any atom is 0.338 e. The summed E-state index contributed by atoms with van der Waals surface area (Å²) in [6, 6.07) is 16.4.